The van der Waals surface area contributed by atoms with Gasteiger partial charge in [0.1, 0.15) is 0 Å². The largest absolute Gasteiger partial charge is 0.378 e. The molecule has 2 heterocycles. The van der Waals surface area contributed by atoms with Crippen LogP contribution in [0.25, 0.3) is 0 Å². The summed E-state index contributed by atoms with van der Waals surface area (Å²) in [7, 11) is 2.13. The molecule has 2 aliphatic heterocycles. The van der Waals surface area contributed by atoms with Gasteiger partial charge >= 0.3 is 0 Å². The molecule has 1 saturated carbocycles. The van der Waals surface area contributed by atoms with Crippen molar-refractivity contribution in [1.82, 2.24) is 5.43 Å². The van der Waals surface area contributed by atoms with E-state index < -0.39 is 0 Å². The third kappa shape index (κ3) is 4.11. The fourth-order valence-electron chi connectivity index (χ4n) is 5.07. The van der Waals surface area contributed by atoms with Crippen LogP contribution >= 0.6 is 0 Å². The fourth-order valence-corrected chi connectivity index (χ4v) is 5.07. The van der Waals surface area contributed by atoms with Crippen LogP contribution in [-0.4, -0.2) is 52.0 Å². The SMILES string of the molecule is CN1CCCc2cc(/C=N/NC(=O)C3CC3(C)c3ccc(N4CCOCC4)cc3)ccc21. The highest BCUT2D eigenvalue weighted by Gasteiger charge is 2.55. The van der Waals surface area contributed by atoms with Gasteiger partial charge in [0, 0.05) is 43.5 Å². The summed E-state index contributed by atoms with van der Waals surface area (Å²) in [6.45, 7) is 6.70. The number of morpholine rings is 1. The number of nitrogens with zero attached hydrogens (tertiary/aromatic N) is 3. The first-order valence-corrected chi connectivity index (χ1v) is 11.6. The normalized spacial score (nSPS) is 25.0. The standard InChI is InChI=1S/C26H32N4O2/c1-26(21-6-8-22(9-7-21)30-12-14-32-15-13-30)17-23(26)25(31)28-27-18-19-5-10-24-20(16-19)4-3-11-29(24)2/h5-10,16,18,23H,3-4,11-15,17H2,1-2H3,(H,28,31)/b27-18+. The summed E-state index contributed by atoms with van der Waals surface area (Å²) in [5.74, 6) is -0.0373. The molecule has 2 fully saturated rings. The predicted molar refractivity (Wildman–Crippen MR) is 129 cm³/mol. The zero-order valence-corrected chi connectivity index (χ0v) is 19.0. The Labute approximate surface area is 190 Å². The van der Waals surface area contributed by atoms with Gasteiger partial charge in [-0.2, -0.15) is 5.10 Å². The number of carbonyl (C=O) groups excluding carboxylic acids is 1. The van der Waals surface area contributed by atoms with Gasteiger partial charge in [-0.25, -0.2) is 5.43 Å². The van der Waals surface area contributed by atoms with Crippen molar-refractivity contribution in [3.63, 3.8) is 0 Å². The van der Waals surface area contributed by atoms with Crippen molar-refractivity contribution in [2.75, 3.05) is 49.7 Å². The second-order valence-electron chi connectivity index (χ2n) is 9.47. The van der Waals surface area contributed by atoms with E-state index in [-0.39, 0.29) is 17.2 Å². The summed E-state index contributed by atoms with van der Waals surface area (Å²) in [5, 5.41) is 4.25. The molecule has 0 aromatic heterocycles. The molecule has 1 saturated heterocycles. The van der Waals surface area contributed by atoms with Crippen LogP contribution in [0.1, 0.15) is 36.5 Å². The molecule has 5 rings (SSSR count). The minimum absolute atomic E-state index is 0.00120. The third-order valence-electron chi connectivity index (χ3n) is 7.30. The number of fused-ring (bicyclic) bond motifs is 1. The molecule has 2 aromatic carbocycles. The van der Waals surface area contributed by atoms with Crippen LogP contribution in [0, 0.1) is 5.92 Å². The molecule has 1 amide bonds. The van der Waals surface area contributed by atoms with E-state index in [4.69, 9.17) is 4.74 Å². The lowest BCUT2D eigenvalue weighted by atomic mass is 9.95. The maximum atomic E-state index is 12.7. The summed E-state index contributed by atoms with van der Waals surface area (Å²) in [6, 6.07) is 15.1. The van der Waals surface area contributed by atoms with Crippen LogP contribution in [-0.2, 0) is 21.4 Å². The molecule has 0 radical (unpaired) electrons. The van der Waals surface area contributed by atoms with Gasteiger partial charge in [-0.1, -0.05) is 25.1 Å². The van der Waals surface area contributed by atoms with E-state index in [1.165, 1.54) is 28.9 Å². The molecule has 2 unspecified atom stereocenters. The Morgan fingerprint density at radius 3 is 2.72 bits per heavy atom. The van der Waals surface area contributed by atoms with Crippen molar-refractivity contribution in [1.29, 1.82) is 0 Å². The lowest BCUT2D eigenvalue weighted by molar-refractivity contribution is -0.122. The molecule has 32 heavy (non-hydrogen) atoms. The van der Waals surface area contributed by atoms with E-state index in [1.54, 1.807) is 6.21 Å². The number of benzene rings is 2. The number of aryl methyl sites for hydroxylation is 1. The number of anilines is 2. The Bertz CT molecular complexity index is 1010. The average molecular weight is 433 g/mol. The van der Waals surface area contributed by atoms with Crippen molar-refractivity contribution in [3.8, 4) is 0 Å². The number of hydrogen-bond donors (Lipinski definition) is 1. The van der Waals surface area contributed by atoms with Gasteiger partial charge in [0.05, 0.1) is 25.3 Å². The Kier molecular flexibility index (Phi) is 5.64. The monoisotopic (exact) mass is 432 g/mol. The van der Waals surface area contributed by atoms with Crippen LogP contribution in [0.15, 0.2) is 47.6 Å². The van der Waals surface area contributed by atoms with Gasteiger partial charge in [0.15, 0.2) is 0 Å². The van der Waals surface area contributed by atoms with Gasteiger partial charge in [0.2, 0.25) is 5.91 Å². The molecule has 6 nitrogen and oxygen atoms in total. The van der Waals surface area contributed by atoms with E-state index in [2.05, 4.69) is 76.8 Å². The van der Waals surface area contributed by atoms with Crippen molar-refractivity contribution >= 4 is 23.5 Å². The Morgan fingerprint density at radius 1 is 1.16 bits per heavy atom. The van der Waals surface area contributed by atoms with E-state index in [0.29, 0.717) is 0 Å². The Hall–Kier alpha value is -2.86. The van der Waals surface area contributed by atoms with Crippen LogP contribution in [0.4, 0.5) is 11.4 Å². The first kappa shape index (κ1) is 21.0. The number of carbonyl (C=O) groups is 1. The highest BCUT2D eigenvalue weighted by molar-refractivity contribution is 5.87. The molecule has 6 heteroatoms. The zero-order chi connectivity index (χ0) is 22.1. The molecular formula is C26H32N4O2. The van der Waals surface area contributed by atoms with Crippen molar-refractivity contribution in [3.05, 3.63) is 59.2 Å². The zero-order valence-electron chi connectivity index (χ0n) is 19.0. The number of rotatable bonds is 5. The van der Waals surface area contributed by atoms with Gasteiger partial charge in [-0.15, -0.1) is 0 Å². The highest BCUT2D eigenvalue weighted by atomic mass is 16.5. The molecule has 2 atom stereocenters. The summed E-state index contributed by atoms with van der Waals surface area (Å²) >= 11 is 0. The molecule has 1 N–H and O–H groups in total. The van der Waals surface area contributed by atoms with Crippen LogP contribution < -0.4 is 15.2 Å². The van der Waals surface area contributed by atoms with Gasteiger partial charge in [-0.3, -0.25) is 4.79 Å². The van der Waals surface area contributed by atoms with E-state index in [1.807, 2.05) is 0 Å². The Balaban J connectivity index is 1.18. The molecule has 3 aliphatic rings. The maximum Gasteiger partial charge on any atom is 0.244 e. The van der Waals surface area contributed by atoms with E-state index in [0.717, 1.165) is 51.3 Å². The number of nitrogens with one attached hydrogen (secondary N) is 1. The minimum Gasteiger partial charge on any atom is -0.378 e. The number of amides is 1. The lowest BCUT2D eigenvalue weighted by Crippen LogP contribution is -2.36. The maximum absolute atomic E-state index is 12.7. The Morgan fingerprint density at radius 2 is 1.94 bits per heavy atom. The predicted octanol–water partition coefficient (Wildman–Crippen LogP) is 3.33. The smallest absolute Gasteiger partial charge is 0.244 e. The van der Waals surface area contributed by atoms with Crippen LogP contribution in [0.2, 0.25) is 0 Å². The lowest BCUT2D eigenvalue weighted by Gasteiger charge is -2.29. The van der Waals surface area contributed by atoms with Crippen LogP contribution in [0.3, 0.4) is 0 Å². The molecule has 2 aromatic rings. The second kappa shape index (κ2) is 8.58. The first-order chi connectivity index (χ1) is 15.5. The number of hydrogen-bond acceptors (Lipinski definition) is 5. The van der Waals surface area contributed by atoms with Gasteiger partial charge in [0.25, 0.3) is 0 Å². The molecule has 0 bridgehead atoms. The van der Waals surface area contributed by atoms with Gasteiger partial charge in [-0.05, 0) is 60.2 Å². The van der Waals surface area contributed by atoms with E-state index >= 15 is 0 Å². The van der Waals surface area contributed by atoms with Crippen molar-refractivity contribution in [2.45, 2.75) is 31.6 Å². The first-order valence-electron chi connectivity index (χ1n) is 11.6. The minimum atomic E-state index is -0.112. The van der Waals surface area contributed by atoms with Gasteiger partial charge < -0.3 is 14.5 Å². The summed E-state index contributed by atoms with van der Waals surface area (Å²) in [4.78, 5) is 17.4. The molecule has 0 spiro atoms. The molecule has 1 aliphatic carbocycles. The third-order valence-corrected chi connectivity index (χ3v) is 7.30. The topological polar surface area (TPSA) is 57.2 Å². The highest BCUT2D eigenvalue weighted by Crippen LogP contribution is 2.54. The average Bonchev–Trinajstić information content (AvgIpc) is 3.53. The van der Waals surface area contributed by atoms with Crippen molar-refractivity contribution in [2.24, 2.45) is 11.0 Å². The number of ether oxygens (including phenoxy) is 1. The summed E-state index contributed by atoms with van der Waals surface area (Å²) < 4.78 is 5.44. The summed E-state index contributed by atoms with van der Waals surface area (Å²) in [6.07, 6.45) is 4.88. The van der Waals surface area contributed by atoms with Crippen molar-refractivity contribution < 1.29 is 9.53 Å². The van der Waals surface area contributed by atoms with Crippen LogP contribution in [0.5, 0.6) is 0 Å². The molecular weight excluding hydrogens is 400 g/mol. The molecule has 168 valence electrons. The second-order valence-corrected chi connectivity index (χ2v) is 9.47. The summed E-state index contributed by atoms with van der Waals surface area (Å²) in [5.41, 5.74) is 8.77. The number of hydrazone groups is 1. The van der Waals surface area contributed by atoms with E-state index in [9.17, 15) is 4.79 Å². The fraction of sp³-hybridized carbons (Fsp3) is 0.462. The quantitative estimate of drug-likeness (QED) is 0.582.